The molecule has 4 N–H and O–H groups in total. The predicted molar refractivity (Wildman–Crippen MR) is 134 cm³/mol. The molecule has 9 heteroatoms. The van der Waals surface area contributed by atoms with Gasteiger partial charge in [-0.3, -0.25) is 0 Å². The van der Waals surface area contributed by atoms with E-state index in [-0.39, 0.29) is 42.7 Å². The second-order valence-electron chi connectivity index (χ2n) is 9.42. The van der Waals surface area contributed by atoms with E-state index in [2.05, 4.69) is 21.9 Å². The lowest BCUT2D eigenvalue weighted by Crippen LogP contribution is -2.29. The van der Waals surface area contributed by atoms with E-state index >= 15 is 0 Å². The van der Waals surface area contributed by atoms with E-state index in [4.69, 9.17) is 20.3 Å². The maximum Gasteiger partial charge on any atom is 0.220 e. The molecule has 4 atom stereocenters. The van der Waals surface area contributed by atoms with Crippen molar-refractivity contribution in [2.75, 3.05) is 32.7 Å². The molecule has 0 saturated heterocycles. The zero-order chi connectivity index (χ0) is 25.8. The Morgan fingerprint density at radius 1 is 1.17 bits per heavy atom. The number of hydrogen-bond donors (Lipinski definition) is 3. The molecule has 2 unspecified atom stereocenters. The molecule has 0 bridgehead atoms. The van der Waals surface area contributed by atoms with Gasteiger partial charge in [-0.2, -0.15) is 0 Å². The van der Waals surface area contributed by atoms with Crippen LogP contribution < -0.4 is 10.5 Å². The highest BCUT2D eigenvalue weighted by atomic mass is 19.1. The van der Waals surface area contributed by atoms with Crippen molar-refractivity contribution in [3.05, 3.63) is 64.7 Å². The first kappa shape index (κ1) is 25.9. The largest absolute Gasteiger partial charge is 0.481 e. The van der Waals surface area contributed by atoms with Gasteiger partial charge in [0.25, 0.3) is 0 Å². The van der Waals surface area contributed by atoms with Crippen molar-refractivity contribution < 1.29 is 24.1 Å². The highest BCUT2D eigenvalue weighted by molar-refractivity contribution is 5.65. The molecule has 192 valence electrons. The maximum atomic E-state index is 14.4. The summed E-state index contributed by atoms with van der Waals surface area (Å²) in [7, 11) is 1.55. The van der Waals surface area contributed by atoms with Crippen LogP contribution in [0.25, 0.3) is 11.3 Å². The molecule has 1 aliphatic carbocycles. The first-order valence-corrected chi connectivity index (χ1v) is 12.1. The lowest BCUT2D eigenvalue weighted by atomic mass is 9.70. The number of aromatic nitrogens is 3. The monoisotopic (exact) mass is 496 g/mol. The van der Waals surface area contributed by atoms with Gasteiger partial charge in [0.1, 0.15) is 11.9 Å². The van der Waals surface area contributed by atoms with Crippen LogP contribution in [-0.4, -0.2) is 58.2 Å². The number of nitrogen functional groups attached to an aromatic ring is 1. The number of anilines is 1. The fraction of sp³-hybridized carbons (Fsp3) is 0.444. The van der Waals surface area contributed by atoms with Gasteiger partial charge >= 0.3 is 0 Å². The number of methoxy groups -OCH3 is 1. The number of ether oxygens (including phenoxy) is 2. The number of pyridine rings is 1. The molecule has 4 rings (SSSR count). The third-order valence-corrected chi connectivity index (χ3v) is 6.83. The molecule has 2 aromatic heterocycles. The smallest absolute Gasteiger partial charge is 0.220 e. The van der Waals surface area contributed by atoms with Crippen LogP contribution >= 0.6 is 0 Å². The molecule has 8 nitrogen and oxygen atoms in total. The lowest BCUT2D eigenvalue weighted by molar-refractivity contribution is -0.00628. The van der Waals surface area contributed by atoms with Gasteiger partial charge in [-0.25, -0.2) is 19.3 Å². The number of aryl methyl sites for hydroxylation is 1. The third kappa shape index (κ3) is 5.64. The minimum Gasteiger partial charge on any atom is -0.481 e. The van der Waals surface area contributed by atoms with Gasteiger partial charge in [0, 0.05) is 23.9 Å². The fourth-order valence-electron chi connectivity index (χ4n) is 5.14. The van der Waals surface area contributed by atoms with Gasteiger partial charge in [-0.15, -0.1) is 0 Å². The molecule has 0 spiro atoms. The van der Waals surface area contributed by atoms with Crippen molar-refractivity contribution in [3.8, 4) is 17.1 Å². The first-order valence-electron chi connectivity index (χ1n) is 12.1. The predicted octanol–water partition coefficient (Wildman–Crippen LogP) is 3.40. The van der Waals surface area contributed by atoms with E-state index in [0.717, 1.165) is 34.5 Å². The summed E-state index contributed by atoms with van der Waals surface area (Å²) in [5.74, 6) is 0.517. The number of halogens is 1. The number of fused-ring (bicyclic) bond motifs is 1. The van der Waals surface area contributed by atoms with Crippen LogP contribution in [0.2, 0.25) is 0 Å². The fourth-order valence-corrected chi connectivity index (χ4v) is 5.14. The van der Waals surface area contributed by atoms with Crippen molar-refractivity contribution >= 4 is 5.95 Å². The summed E-state index contributed by atoms with van der Waals surface area (Å²) in [6, 6.07) is 10.3. The number of aliphatic hydroxyl groups is 2. The molecule has 0 radical (unpaired) electrons. The SMILES string of the molecule is COc1cccc(-c2cc(F)ccc2[C@H]2Cc3nc(N)nc(C)c3C(C(C)COC[C@@H](O)CO)C2)n1. The first-order chi connectivity index (χ1) is 17.3. The molecule has 3 aromatic rings. The highest BCUT2D eigenvalue weighted by Gasteiger charge is 2.35. The summed E-state index contributed by atoms with van der Waals surface area (Å²) in [5.41, 5.74) is 11.2. The summed E-state index contributed by atoms with van der Waals surface area (Å²) in [6.07, 6.45) is 0.501. The molecule has 0 saturated carbocycles. The zero-order valence-corrected chi connectivity index (χ0v) is 20.8. The van der Waals surface area contributed by atoms with Gasteiger partial charge in [0.05, 0.1) is 31.7 Å². The van der Waals surface area contributed by atoms with Gasteiger partial charge < -0.3 is 25.4 Å². The zero-order valence-electron chi connectivity index (χ0n) is 20.8. The van der Waals surface area contributed by atoms with Crippen LogP contribution in [0, 0.1) is 18.7 Å². The summed E-state index contributed by atoms with van der Waals surface area (Å²) >= 11 is 0. The van der Waals surface area contributed by atoms with E-state index in [1.807, 2.05) is 25.1 Å². The van der Waals surface area contributed by atoms with Gasteiger partial charge in [-0.05, 0) is 66.8 Å². The molecular weight excluding hydrogens is 463 g/mol. The molecule has 0 aliphatic heterocycles. The van der Waals surface area contributed by atoms with E-state index < -0.39 is 6.10 Å². The third-order valence-electron chi connectivity index (χ3n) is 6.83. The Morgan fingerprint density at radius 2 is 1.97 bits per heavy atom. The Balaban J connectivity index is 1.72. The summed E-state index contributed by atoms with van der Waals surface area (Å²) in [5, 5.41) is 18.7. The molecule has 36 heavy (non-hydrogen) atoms. The van der Waals surface area contributed by atoms with Crippen molar-refractivity contribution in [2.45, 2.75) is 44.6 Å². The second kappa shape index (κ2) is 11.3. The Labute approximate surface area is 210 Å². The Hall–Kier alpha value is -3.14. The van der Waals surface area contributed by atoms with E-state index in [1.54, 1.807) is 13.2 Å². The van der Waals surface area contributed by atoms with Gasteiger partial charge in [0.2, 0.25) is 11.8 Å². The number of hydrogen-bond acceptors (Lipinski definition) is 8. The minimum atomic E-state index is -0.911. The average molecular weight is 497 g/mol. The Kier molecular flexibility index (Phi) is 8.13. The van der Waals surface area contributed by atoms with Crippen LogP contribution in [0.15, 0.2) is 36.4 Å². The maximum absolute atomic E-state index is 14.4. The van der Waals surface area contributed by atoms with Gasteiger partial charge in [0.15, 0.2) is 0 Å². The number of nitrogens with zero attached hydrogens (tertiary/aromatic N) is 3. The van der Waals surface area contributed by atoms with E-state index in [1.165, 1.54) is 12.1 Å². The van der Waals surface area contributed by atoms with Crippen molar-refractivity contribution in [3.63, 3.8) is 0 Å². The number of aliphatic hydroxyl groups excluding tert-OH is 2. The van der Waals surface area contributed by atoms with Crippen LogP contribution in [-0.2, 0) is 11.2 Å². The van der Waals surface area contributed by atoms with Crippen LogP contribution in [0.5, 0.6) is 5.88 Å². The highest BCUT2D eigenvalue weighted by Crippen LogP contribution is 2.46. The normalized spacial score (nSPS) is 18.9. The Bertz CT molecular complexity index is 1210. The van der Waals surface area contributed by atoms with Crippen molar-refractivity contribution in [2.24, 2.45) is 5.92 Å². The van der Waals surface area contributed by atoms with Crippen LogP contribution in [0.3, 0.4) is 0 Å². The molecule has 1 aromatic carbocycles. The van der Waals surface area contributed by atoms with E-state index in [0.29, 0.717) is 24.6 Å². The van der Waals surface area contributed by atoms with Gasteiger partial charge in [-0.1, -0.05) is 19.1 Å². The summed E-state index contributed by atoms with van der Waals surface area (Å²) in [6.45, 7) is 4.14. The number of benzene rings is 1. The number of nitrogens with two attached hydrogens (primary N) is 1. The molecule has 0 fully saturated rings. The van der Waals surface area contributed by atoms with Crippen molar-refractivity contribution in [1.29, 1.82) is 0 Å². The van der Waals surface area contributed by atoms with Crippen molar-refractivity contribution in [1.82, 2.24) is 15.0 Å². The minimum absolute atomic E-state index is 0.0327. The molecule has 1 aliphatic rings. The molecule has 0 amide bonds. The number of rotatable bonds is 9. The standard InChI is InChI=1S/C27H33FN4O4/c1-15(13-36-14-19(34)12-33)21-9-17(10-24-26(21)16(2)30-27(29)32-24)20-8-7-18(28)11-22(20)23-5-4-6-25(31-23)35-3/h4-8,11,15,17,19,21,33-34H,9-10,12-14H2,1-3H3,(H2,29,30,32)/t15?,17-,19+,21?/m1/s1. The topological polar surface area (TPSA) is 124 Å². The molecule has 2 heterocycles. The molecular formula is C27H33FN4O4. The van der Waals surface area contributed by atoms with E-state index in [9.17, 15) is 9.50 Å². The average Bonchev–Trinajstić information content (AvgIpc) is 2.87. The second-order valence-corrected chi connectivity index (χ2v) is 9.42. The quantitative estimate of drug-likeness (QED) is 0.412. The Morgan fingerprint density at radius 3 is 2.72 bits per heavy atom. The lowest BCUT2D eigenvalue weighted by Gasteiger charge is -2.36. The summed E-state index contributed by atoms with van der Waals surface area (Å²) < 4.78 is 25.4. The summed E-state index contributed by atoms with van der Waals surface area (Å²) in [4.78, 5) is 13.6. The van der Waals surface area contributed by atoms with Crippen LogP contribution in [0.1, 0.15) is 47.7 Å². The van der Waals surface area contributed by atoms with Crippen LogP contribution in [0.4, 0.5) is 10.3 Å².